The fourth-order valence-corrected chi connectivity index (χ4v) is 8.94. The van der Waals surface area contributed by atoms with E-state index in [1.54, 1.807) is 18.2 Å². The number of nitrogens with zero attached hydrogens (tertiary/aromatic N) is 4. The molecule has 242 valence electrons. The van der Waals surface area contributed by atoms with Crippen molar-refractivity contribution in [2.45, 2.75) is 36.1 Å². The Morgan fingerprint density at radius 1 is 1.02 bits per heavy atom. The quantitative estimate of drug-likeness (QED) is 0.246. The number of aryl methyl sites for hydroxylation is 1. The molecule has 0 bridgehead atoms. The van der Waals surface area contributed by atoms with Gasteiger partial charge in [-0.1, -0.05) is 53.6 Å². The standard InChI is InChI=1S/C32H31ClF3N5O3S2/c1-21-6-8-23(9-7-21)25-16-22(17-29(38-25)40-14-12-39(13-15-40)26-5-3-2-4-24(26)34)19-37-31(42)27-18-32(35,36)20-41(27)46(43,44)30-11-10-28(33)45-30/h2-11,16-17,27H,12-15,18-20H2,1H3,(H,37,42)/t27-/m0/s1. The number of anilines is 2. The number of amides is 1. The lowest BCUT2D eigenvalue weighted by Gasteiger charge is -2.37. The van der Waals surface area contributed by atoms with Crippen molar-refractivity contribution < 1.29 is 26.4 Å². The molecule has 0 saturated carbocycles. The lowest BCUT2D eigenvalue weighted by molar-refractivity contribution is -0.124. The number of hydrogen-bond donors (Lipinski definition) is 1. The molecule has 0 spiro atoms. The summed E-state index contributed by atoms with van der Waals surface area (Å²) in [6.45, 7) is 3.12. The minimum absolute atomic E-state index is 0.0385. The molecule has 4 aromatic rings. The maximum Gasteiger partial charge on any atom is 0.263 e. The van der Waals surface area contributed by atoms with Gasteiger partial charge in [0.1, 0.15) is 21.9 Å². The first-order valence-corrected chi connectivity index (χ1v) is 17.3. The third-order valence-electron chi connectivity index (χ3n) is 8.12. The Bertz CT molecular complexity index is 1850. The Hall–Kier alpha value is -3.65. The van der Waals surface area contributed by atoms with Gasteiger partial charge in [0.25, 0.3) is 15.9 Å². The van der Waals surface area contributed by atoms with Gasteiger partial charge in [0.05, 0.1) is 22.3 Å². The van der Waals surface area contributed by atoms with Gasteiger partial charge < -0.3 is 15.1 Å². The van der Waals surface area contributed by atoms with E-state index in [2.05, 4.69) is 10.2 Å². The molecule has 14 heteroatoms. The van der Waals surface area contributed by atoms with Crippen molar-refractivity contribution in [1.82, 2.24) is 14.6 Å². The molecule has 1 N–H and O–H groups in total. The van der Waals surface area contributed by atoms with Crippen LogP contribution in [0, 0.1) is 12.7 Å². The molecule has 1 amide bonds. The number of carbonyl (C=O) groups excluding carboxylic acids is 1. The van der Waals surface area contributed by atoms with E-state index in [1.807, 2.05) is 48.2 Å². The van der Waals surface area contributed by atoms with Crippen LogP contribution in [0.1, 0.15) is 17.5 Å². The number of carbonyl (C=O) groups is 1. The molecular formula is C32H31ClF3N5O3S2. The van der Waals surface area contributed by atoms with Crippen LogP contribution in [0.15, 0.2) is 77.0 Å². The zero-order valence-electron chi connectivity index (χ0n) is 24.8. The summed E-state index contributed by atoms with van der Waals surface area (Å²) in [6, 6.07) is 19.1. The Labute approximate surface area is 274 Å². The molecule has 2 aromatic heterocycles. The molecule has 8 nitrogen and oxygen atoms in total. The fraction of sp³-hybridized carbons (Fsp3) is 0.312. The van der Waals surface area contributed by atoms with E-state index < -0.39 is 40.9 Å². The summed E-state index contributed by atoms with van der Waals surface area (Å²) in [4.78, 5) is 22.3. The molecule has 2 fully saturated rings. The lowest BCUT2D eigenvalue weighted by Crippen LogP contribution is -2.47. The highest BCUT2D eigenvalue weighted by Gasteiger charge is 2.53. The van der Waals surface area contributed by atoms with E-state index in [9.17, 15) is 26.4 Å². The minimum Gasteiger partial charge on any atom is -0.366 e. The third-order valence-corrected chi connectivity index (χ3v) is 11.7. The van der Waals surface area contributed by atoms with Gasteiger partial charge in [-0.3, -0.25) is 4.79 Å². The third kappa shape index (κ3) is 6.87. The number of nitrogens with one attached hydrogen (secondary N) is 1. The first-order valence-electron chi connectivity index (χ1n) is 14.6. The summed E-state index contributed by atoms with van der Waals surface area (Å²) in [5.74, 6) is -3.82. The summed E-state index contributed by atoms with van der Waals surface area (Å²) in [6.07, 6.45) is -0.931. The molecule has 0 aliphatic carbocycles. The number of halogens is 4. The van der Waals surface area contributed by atoms with E-state index in [0.29, 0.717) is 53.2 Å². The average molecular weight is 690 g/mol. The number of para-hydroxylation sites is 1. The Morgan fingerprint density at radius 2 is 1.72 bits per heavy atom. The van der Waals surface area contributed by atoms with Crippen LogP contribution in [0.25, 0.3) is 11.3 Å². The number of thiophene rings is 1. The second-order valence-electron chi connectivity index (χ2n) is 11.4. The molecule has 0 radical (unpaired) electrons. The number of benzene rings is 2. The van der Waals surface area contributed by atoms with Crippen LogP contribution in [0.5, 0.6) is 0 Å². The zero-order valence-corrected chi connectivity index (χ0v) is 27.2. The highest BCUT2D eigenvalue weighted by Crippen LogP contribution is 2.38. The van der Waals surface area contributed by atoms with Crippen LogP contribution in [0.3, 0.4) is 0 Å². The van der Waals surface area contributed by atoms with Crippen molar-refractivity contribution in [2.24, 2.45) is 0 Å². The average Bonchev–Trinajstić information content (AvgIpc) is 3.63. The number of sulfonamides is 1. The lowest BCUT2D eigenvalue weighted by atomic mass is 10.1. The molecule has 4 heterocycles. The first kappa shape index (κ1) is 32.3. The maximum atomic E-state index is 14.6. The predicted octanol–water partition coefficient (Wildman–Crippen LogP) is 5.95. The summed E-state index contributed by atoms with van der Waals surface area (Å²) in [5.41, 5.74) is 3.79. The van der Waals surface area contributed by atoms with E-state index >= 15 is 0 Å². The largest absolute Gasteiger partial charge is 0.366 e. The van der Waals surface area contributed by atoms with Gasteiger partial charge >= 0.3 is 0 Å². The number of pyridine rings is 1. The molecule has 1 atom stereocenters. The summed E-state index contributed by atoms with van der Waals surface area (Å²) in [5, 5.41) is 2.69. The molecule has 6 rings (SSSR count). The van der Waals surface area contributed by atoms with Crippen LogP contribution in [0.2, 0.25) is 4.34 Å². The topological polar surface area (TPSA) is 85.8 Å². The van der Waals surface area contributed by atoms with Crippen LogP contribution >= 0.6 is 22.9 Å². The second kappa shape index (κ2) is 12.9. The second-order valence-corrected chi connectivity index (χ2v) is 15.2. The molecule has 2 aliphatic heterocycles. The molecular weight excluding hydrogens is 659 g/mol. The van der Waals surface area contributed by atoms with Gasteiger partial charge in [0, 0.05) is 44.7 Å². The highest BCUT2D eigenvalue weighted by atomic mass is 35.5. The number of piperazine rings is 1. The van der Waals surface area contributed by atoms with E-state index in [0.717, 1.165) is 22.5 Å². The smallest absolute Gasteiger partial charge is 0.263 e. The Kier molecular flexibility index (Phi) is 9.03. The van der Waals surface area contributed by atoms with Crippen LogP contribution in [-0.4, -0.2) is 68.3 Å². The van der Waals surface area contributed by atoms with E-state index in [4.69, 9.17) is 16.6 Å². The SMILES string of the molecule is Cc1ccc(-c2cc(CNC(=O)[C@@H]3CC(F)(F)CN3S(=O)(=O)c3ccc(Cl)s3)cc(N3CCN(c4ccccc4F)CC3)n2)cc1. The van der Waals surface area contributed by atoms with E-state index in [1.165, 1.54) is 18.2 Å². The molecule has 2 saturated heterocycles. The monoisotopic (exact) mass is 689 g/mol. The maximum absolute atomic E-state index is 14.6. The number of hydrogen-bond acceptors (Lipinski definition) is 7. The summed E-state index contributed by atoms with van der Waals surface area (Å²) >= 11 is 6.65. The molecule has 2 aliphatic rings. The van der Waals surface area contributed by atoms with E-state index in [-0.39, 0.29) is 20.9 Å². The normalized spacial score (nSPS) is 18.6. The van der Waals surface area contributed by atoms with Crippen molar-refractivity contribution in [1.29, 1.82) is 0 Å². The predicted molar refractivity (Wildman–Crippen MR) is 174 cm³/mol. The van der Waals surface area contributed by atoms with Gasteiger partial charge in [0.2, 0.25) is 5.91 Å². The van der Waals surface area contributed by atoms with Crippen LogP contribution < -0.4 is 15.1 Å². The van der Waals surface area contributed by atoms with Crippen molar-refractivity contribution in [3.05, 3.63) is 94.1 Å². The highest BCUT2D eigenvalue weighted by molar-refractivity contribution is 7.91. The van der Waals surface area contributed by atoms with Gasteiger partial charge in [-0.15, -0.1) is 11.3 Å². The zero-order chi connectivity index (χ0) is 32.6. The Balaban J connectivity index is 1.23. The number of rotatable bonds is 8. The minimum atomic E-state index is -4.38. The summed E-state index contributed by atoms with van der Waals surface area (Å²) in [7, 11) is -4.38. The van der Waals surface area contributed by atoms with Crippen LogP contribution in [0.4, 0.5) is 24.7 Å². The first-order chi connectivity index (χ1) is 21.9. The fourth-order valence-electron chi connectivity index (χ4n) is 5.71. The summed E-state index contributed by atoms with van der Waals surface area (Å²) < 4.78 is 70.5. The number of aromatic nitrogens is 1. The number of alkyl halides is 2. The van der Waals surface area contributed by atoms with Gasteiger partial charge in [-0.05, 0) is 48.9 Å². The van der Waals surface area contributed by atoms with Crippen molar-refractivity contribution in [3.63, 3.8) is 0 Å². The van der Waals surface area contributed by atoms with Crippen molar-refractivity contribution >= 4 is 50.4 Å². The Morgan fingerprint density at radius 3 is 2.39 bits per heavy atom. The van der Waals surface area contributed by atoms with Gasteiger partial charge in [-0.2, -0.15) is 4.31 Å². The van der Waals surface area contributed by atoms with Gasteiger partial charge in [0.15, 0.2) is 0 Å². The van der Waals surface area contributed by atoms with Crippen molar-refractivity contribution in [2.75, 3.05) is 42.5 Å². The molecule has 2 aromatic carbocycles. The van der Waals surface area contributed by atoms with Crippen LogP contribution in [-0.2, 0) is 21.4 Å². The van der Waals surface area contributed by atoms with Crippen molar-refractivity contribution in [3.8, 4) is 11.3 Å². The van der Waals surface area contributed by atoms with Gasteiger partial charge in [-0.25, -0.2) is 26.6 Å². The molecule has 0 unspecified atom stereocenters. The molecule has 46 heavy (non-hydrogen) atoms.